The van der Waals surface area contributed by atoms with Crippen molar-refractivity contribution in [2.24, 2.45) is 0 Å². The Kier molecular flexibility index (Phi) is 8.85. The number of anilines is 2. The molecule has 34 heavy (non-hydrogen) atoms. The van der Waals surface area contributed by atoms with E-state index in [0.29, 0.717) is 39.9 Å². The van der Waals surface area contributed by atoms with Crippen LogP contribution in [0.25, 0.3) is 0 Å². The van der Waals surface area contributed by atoms with Crippen molar-refractivity contribution in [2.45, 2.75) is 30.4 Å². The first kappa shape index (κ1) is 25.5. The van der Waals surface area contributed by atoms with Gasteiger partial charge in [0.2, 0.25) is 5.91 Å². The molecule has 3 aromatic carbocycles. The van der Waals surface area contributed by atoms with Crippen LogP contribution >= 0.6 is 23.4 Å². The van der Waals surface area contributed by atoms with Gasteiger partial charge in [-0.2, -0.15) is 0 Å². The molecule has 0 aromatic heterocycles. The summed E-state index contributed by atoms with van der Waals surface area (Å²) in [5.74, 6) is 0.650. The van der Waals surface area contributed by atoms with Crippen molar-refractivity contribution >= 4 is 46.6 Å². The lowest BCUT2D eigenvalue weighted by Gasteiger charge is -2.16. The largest absolute Gasteiger partial charge is 0.493 e. The van der Waals surface area contributed by atoms with Gasteiger partial charge in [0.25, 0.3) is 5.91 Å². The maximum atomic E-state index is 12.8. The molecule has 0 saturated heterocycles. The fourth-order valence-electron chi connectivity index (χ4n) is 3.21. The number of hydrogen-bond acceptors (Lipinski definition) is 5. The van der Waals surface area contributed by atoms with Crippen LogP contribution < -0.4 is 20.1 Å². The average molecular weight is 499 g/mol. The van der Waals surface area contributed by atoms with Gasteiger partial charge in [0.1, 0.15) is 0 Å². The molecule has 0 bridgehead atoms. The minimum Gasteiger partial charge on any atom is -0.493 e. The second-order valence-corrected chi connectivity index (χ2v) is 9.20. The molecule has 1 atom stereocenters. The number of benzene rings is 3. The molecule has 8 heteroatoms. The van der Waals surface area contributed by atoms with Crippen LogP contribution in [0.3, 0.4) is 0 Å². The molecular weight excluding hydrogens is 472 g/mol. The average Bonchev–Trinajstić information content (AvgIpc) is 2.84. The van der Waals surface area contributed by atoms with Gasteiger partial charge in [-0.1, -0.05) is 30.7 Å². The molecule has 0 saturated carbocycles. The predicted octanol–water partition coefficient (Wildman–Crippen LogP) is 6.43. The molecule has 178 valence electrons. The van der Waals surface area contributed by atoms with Crippen molar-refractivity contribution in [1.29, 1.82) is 0 Å². The minimum absolute atomic E-state index is 0.104. The van der Waals surface area contributed by atoms with Crippen LogP contribution in [-0.4, -0.2) is 31.3 Å². The number of methoxy groups -OCH3 is 2. The van der Waals surface area contributed by atoms with Gasteiger partial charge in [-0.05, 0) is 67.4 Å². The van der Waals surface area contributed by atoms with Gasteiger partial charge in [0.15, 0.2) is 11.5 Å². The first-order valence-electron chi connectivity index (χ1n) is 10.7. The SMILES string of the molecule is CCC(Sc1cccc(NC(=O)c2ccc(OC)c(OC)c2)c1)C(=O)Nc1ccc(C)c(Cl)c1. The number of thioether (sulfide) groups is 1. The number of rotatable bonds is 9. The Morgan fingerprint density at radius 2 is 1.68 bits per heavy atom. The second-order valence-electron chi connectivity index (χ2n) is 7.52. The number of aryl methyl sites for hydroxylation is 1. The molecule has 0 aliphatic rings. The lowest BCUT2D eigenvalue weighted by Crippen LogP contribution is -2.24. The Balaban J connectivity index is 1.68. The van der Waals surface area contributed by atoms with E-state index in [1.165, 1.54) is 18.9 Å². The third kappa shape index (κ3) is 6.46. The summed E-state index contributed by atoms with van der Waals surface area (Å²) in [5, 5.41) is 6.13. The standard InChI is InChI=1S/C26H27ClN2O4S/c1-5-24(26(31)29-19-11-9-16(2)21(27)15-19)34-20-8-6-7-18(14-20)28-25(30)17-10-12-22(32-3)23(13-17)33-4/h6-15,24H,5H2,1-4H3,(H,28,30)(H,29,31). The van der Waals surface area contributed by atoms with Gasteiger partial charge in [-0.3, -0.25) is 9.59 Å². The number of hydrogen-bond donors (Lipinski definition) is 2. The Labute approximate surface area is 209 Å². The topological polar surface area (TPSA) is 76.7 Å². The summed E-state index contributed by atoms with van der Waals surface area (Å²) >= 11 is 7.61. The Bertz CT molecular complexity index is 1190. The summed E-state index contributed by atoms with van der Waals surface area (Å²) in [7, 11) is 3.06. The van der Waals surface area contributed by atoms with Crippen molar-refractivity contribution in [1.82, 2.24) is 0 Å². The van der Waals surface area contributed by atoms with E-state index in [9.17, 15) is 9.59 Å². The lowest BCUT2D eigenvalue weighted by atomic mass is 10.2. The smallest absolute Gasteiger partial charge is 0.255 e. The fourth-order valence-corrected chi connectivity index (χ4v) is 4.40. The second kappa shape index (κ2) is 11.8. The van der Waals surface area contributed by atoms with Crippen molar-refractivity contribution in [2.75, 3.05) is 24.9 Å². The van der Waals surface area contributed by atoms with Gasteiger partial charge in [-0.25, -0.2) is 0 Å². The van der Waals surface area contributed by atoms with Crippen LogP contribution in [0.1, 0.15) is 29.3 Å². The van der Waals surface area contributed by atoms with E-state index in [1.807, 2.05) is 44.2 Å². The highest BCUT2D eigenvalue weighted by atomic mass is 35.5. The highest BCUT2D eigenvalue weighted by Gasteiger charge is 2.19. The third-order valence-electron chi connectivity index (χ3n) is 5.12. The van der Waals surface area contributed by atoms with Crippen LogP contribution in [0, 0.1) is 6.92 Å². The van der Waals surface area contributed by atoms with Gasteiger partial charge < -0.3 is 20.1 Å². The van der Waals surface area contributed by atoms with E-state index in [0.717, 1.165) is 10.5 Å². The van der Waals surface area contributed by atoms with E-state index in [2.05, 4.69) is 10.6 Å². The molecule has 0 aliphatic carbocycles. The molecule has 0 spiro atoms. The summed E-state index contributed by atoms with van der Waals surface area (Å²) in [6.07, 6.45) is 0.637. The minimum atomic E-state index is -0.308. The van der Waals surface area contributed by atoms with Gasteiger partial charge >= 0.3 is 0 Å². The van der Waals surface area contributed by atoms with Crippen LogP contribution in [-0.2, 0) is 4.79 Å². The Hall–Kier alpha value is -3.16. The van der Waals surface area contributed by atoms with Gasteiger partial charge in [-0.15, -0.1) is 11.8 Å². The quantitative estimate of drug-likeness (QED) is 0.332. The highest BCUT2D eigenvalue weighted by Crippen LogP contribution is 2.30. The summed E-state index contributed by atoms with van der Waals surface area (Å²) < 4.78 is 10.5. The maximum absolute atomic E-state index is 12.8. The van der Waals surface area contributed by atoms with E-state index >= 15 is 0 Å². The summed E-state index contributed by atoms with van der Waals surface area (Å²) in [4.78, 5) is 26.5. The summed E-state index contributed by atoms with van der Waals surface area (Å²) in [6.45, 7) is 3.87. The van der Waals surface area contributed by atoms with Crippen LogP contribution in [0.5, 0.6) is 11.5 Å². The molecule has 1 unspecified atom stereocenters. The Morgan fingerprint density at radius 3 is 2.35 bits per heavy atom. The summed E-state index contributed by atoms with van der Waals surface area (Å²) in [5.41, 5.74) is 2.69. The zero-order chi connectivity index (χ0) is 24.7. The van der Waals surface area contributed by atoms with E-state index in [1.54, 1.807) is 37.4 Å². The van der Waals surface area contributed by atoms with Gasteiger partial charge in [0.05, 0.1) is 19.5 Å². The van der Waals surface area contributed by atoms with Crippen LogP contribution in [0.15, 0.2) is 65.6 Å². The first-order chi connectivity index (χ1) is 16.3. The number of ether oxygens (including phenoxy) is 2. The van der Waals surface area contributed by atoms with Crippen molar-refractivity contribution < 1.29 is 19.1 Å². The molecular formula is C26H27ClN2O4S. The molecule has 0 radical (unpaired) electrons. The first-order valence-corrected chi connectivity index (χ1v) is 12.0. The predicted molar refractivity (Wildman–Crippen MR) is 139 cm³/mol. The van der Waals surface area contributed by atoms with E-state index in [4.69, 9.17) is 21.1 Å². The molecule has 2 N–H and O–H groups in total. The molecule has 2 amide bonds. The number of carbonyl (C=O) groups is 2. The molecule has 0 aliphatic heterocycles. The normalized spacial score (nSPS) is 11.4. The molecule has 3 aromatic rings. The third-order valence-corrected chi connectivity index (χ3v) is 6.88. The number of amides is 2. The van der Waals surface area contributed by atoms with Crippen molar-refractivity contribution in [3.05, 3.63) is 76.8 Å². The molecule has 6 nitrogen and oxygen atoms in total. The van der Waals surface area contributed by atoms with Crippen molar-refractivity contribution in [3.8, 4) is 11.5 Å². The number of carbonyl (C=O) groups excluding carboxylic acids is 2. The molecule has 3 rings (SSSR count). The monoisotopic (exact) mass is 498 g/mol. The van der Waals surface area contributed by atoms with Gasteiger partial charge in [0, 0.05) is 26.9 Å². The number of nitrogens with one attached hydrogen (secondary N) is 2. The van der Waals surface area contributed by atoms with E-state index < -0.39 is 0 Å². The lowest BCUT2D eigenvalue weighted by molar-refractivity contribution is -0.115. The maximum Gasteiger partial charge on any atom is 0.255 e. The van der Waals surface area contributed by atoms with Crippen LogP contribution in [0.2, 0.25) is 5.02 Å². The zero-order valence-corrected chi connectivity index (χ0v) is 21.0. The fraction of sp³-hybridized carbons (Fsp3) is 0.231. The zero-order valence-electron chi connectivity index (χ0n) is 19.5. The molecule has 0 fully saturated rings. The van der Waals surface area contributed by atoms with Crippen LogP contribution in [0.4, 0.5) is 11.4 Å². The summed E-state index contributed by atoms with van der Waals surface area (Å²) in [6, 6.07) is 17.8. The molecule has 0 heterocycles. The Morgan fingerprint density at radius 1 is 0.941 bits per heavy atom. The van der Waals surface area contributed by atoms with Crippen molar-refractivity contribution in [3.63, 3.8) is 0 Å². The number of halogens is 1. The highest BCUT2D eigenvalue weighted by molar-refractivity contribution is 8.00. The van der Waals surface area contributed by atoms with E-state index in [-0.39, 0.29) is 17.1 Å².